The maximum Gasteiger partial charge on any atom is 0.269 e. The Bertz CT molecular complexity index is 1370. The smallest absolute Gasteiger partial charge is 0.269 e. The summed E-state index contributed by atoms with van der Waals surface area (Å²) in [6.07, 6.45) is 2.28. The molecule has 1 unspecified atom stereocenters. The van der Waals surface area contributed by atoms with Gasteiger partial charge in [0.25, 0.3) is 5.69 Å². The van der Waals surface area contributed by atoms with Crippen molar-refractivity contribution in [3.63, 3.8) is 0 Å². The number of hydrogen-bond acceptors (Lipinski definition) is 6. The van der Waals surface area contributed by atoms with E-state index in [0.717, 1.165) is 11.3 Å². The number of phenols is 1. The third kappa shape index (κ3) is 3.91. The largest absolute Gasteiger partial charge is 0.507 e. The van der Waals surface area contributed by atoms with Gasteiger partial charge >= 0.3 is 0 Å². The van der Waals surface area contributed by atoms with E-state index in [2.05, 4.69) is 10.5 Å². The van der Waals surface area contributed by atoms with E-state index in [1.807, 2.05) is 36.5 Å². The normalized spacial score (nSPS) is 15.2. The number of hydrazone groups is 1. The van der Waals surface area contributed by atoms with Gasteiger partial charge in [-0.2, -0.15) is 10.2 Å². The summed E-state index contributed by atoms with van der Waals surface area (Å²) < 4.78 is 15.5. The highest BCUT2D eigenvalue weighted by atomic mass is 19.1. The molecular formula is C24H18FN5O3. The fourth-order valence-corrected chi connectivity index (χ4v) is 3.85. The number of aromatic nitrogens is 2. The Hall–Kier alpha value is -4.53. The van der Waals surface area contributed by atoms with Crippen LogP contribution in [0, 0.1) is 15.9 Å². The molecule has 0 bridgehead atoms. The molecule has 164 valence electrons. The van der Waals surface area contributed by atoms with Gasteiger partial charge < -0.3 is 10.5 Å². The summed E-state index contributed by atoms with van der Waals surface area (Å²) in [7, 11) is 0. The Balaban J connectivity index is 1.53. The molecule has 8 nitrogen and oxygen atoms in total. The first-order chi connectivity index (χ1) is 16.0. The molecule has 33 heavy (non-hydrogen) atoms. The first-order valence-electron chi connectivity index (χ1n) is 10.2. The van der Waals surface area contributed by atoms with Gasteiger partial charge in [-0.15, -0.1) is 0 Å². The predicted octanol–water partition coefficient (Wildman–Crippen LogP) is 4.73. The van der Waals surface area contributed by atoms with Crippen LogP contribution >= 0.6 is 0 Å². The molecular weight excluding hydrogens is 425 g/mol. The number of halogens is 1. The summed E-state index contributed by atoms with van der Waals surface area (Å²) in [4.78, 5) is 10.6. The van der Waals surface area contributed by atoms with Crippen LogP contribution in [0.15, 0.2) is 84.1 Å². The predicted molar refractivity (Wildman–Crippen MR) is 121 cm³/mol. The van der Waals surface area contributed by atoms with Crippen molar-refractivity contribution in [2.75, 3.05) is 0 Å². The van der Waals surface area contributed by atoms with E-state index in [0.29, 0.717) is 29.0 Å². The van der Waals surface area contributed by atoms with Gasteiger partial charge in [-0.1, -0.05) is 18.2 Å². The number of nitro groups is 1. The minimum Gasteiger partial charge on any atom is -0.507 e. The van der Waals surface area contributed by atoms with Crippen LogP contribution in [0.1, 0.15) is 23.6 Å². The average Bonchev–Trinajstić information content (AvgIpc) is 3.49. The van der Waals surface area contributed by atoms with E-state index in [9.17, 15) is 19.6 Å². The molecule has 1 aliphatic rings. The second-order valence-electron chi connectivity index (χ2n) is 7.62. The number of rotatable bonds is 5. The van der Waals surface area contributed by atoms with Crippen molar-refractivity contribution in [1.29, 1.82) is 0 Å². The molecule has 0 spiro atoms. The first-order valence-corrected chi connectivity index (χ1v) is 10.2. The van der Waals surface area contributed by atoms with Gasteiger partial charge in [-0.05, 0) is 42.5 Å². The Kier molecular flexibility index (Phi) is 5.06. The number of benzene rings is 3. The molecule has 0 saturated heterocycles. The summed E-state index contributed by atoms with van der Waals surface area (Å²) in [5, 5.41) is 30.3. The molecule has 9 heteroatoms. The third-order valence-electron chi connectivity index (χ3n) is 5.51. The zero-order valence-electron chi connectivity index (χ0n) is 17.2. The number of non-ortho nitro benzene ring substituents is 1. The van der Waals surface area contributed by atoms with Gasteiger partial charge in [0, 0.05) is 41.4 Å². The zero-order valence-corrected chi connectivity index (χ0v) is 17.2. The summed E-state index contributed by atoms with van der Waals surface area (Å²) in [5.41, 5.74) is 6.96. The van der Waals surface area contributed by atoms with Crippen molar-refractivity contribution < 1.29 is 14.4 Å². The van der Waals surface area contributed by atoms with E-state index >= 15 is 0 Å². The number of hydrogen-bond donors (Lipinski definition) is 2. The van der Waals surface area contributed by atoms with Gasteiger partial charge in [-0.25, -0.2) is 9.07 Å². The highest BCUT2D eigenvalue weighted by Crippen LogP contribution is 2.35. The van der Waals surface area contributed by atoms with Crippen LogP contribution in [0.2, 0.25) is 0 Å². The van der Waals surface area contributed by atoms with E-state index in [1.54, 1.807) is 16.8 Å². The molecule has 2 heterocycles. The number of phenolic OH excluding ortho intramolecular Hbond substituents is 1. The molecule has 0 aliphatic carbocycles. The molecule has 1 aromatic heterocycles. The van der Waals surface area contributed by atoms with Gasteiger partial charge in [0.05, 0.1) is 28.1 Å². The minimum absolute atomic E-state index is 0.00557. The second kappa shape index (κ2) is 8.19. The van der Waals surface area contributed by atoms with Crippen molar-refractivity contribution in [2.45, 2.75) is 12.5 Å². The maximum absolute atomic E-state index is 13.7. The standard InChI is InChI=1S/C24H18FN5O3/c25-16-8-11-23(31)19(12-16)21-13-22(27-26-21)20-14-29(17-4-2-1-3-5-17)28-24(20)15-6-9-18(10-7-15)30(32)33/h1-12,14,22,27,31H,13H2. The highest BCUT2D eigenvalue weighted by Gasteiger charge is 2.28. The molecule has 0 saturated carbocycles. The molecule has 5 rings (SSSR count). The molecule has 1 atom stereocenters. The van der Waals surface area contributed by atoms with Crippen LogP contribution in [0.3, 0.4) is 0 Å². The molecule has 2 N–H and O–H groups in total. The van der Waals surface area contributed by atoms with Crippen LogP contribution in [-0.2, 0) is 0 Å². The number of aromatic hydroxyl groups is 1. The van der Waals surface area contributed by atoms with E-state index in [1.165, 1.54) is 30.3 Å². The minimum atomic E-state index is -0.461. The Morgan fingerprint density at radius 3 is 2.58 bits per heavy atom. The number of nitrogens with one attached hydrogen (secondary N) is 1. The van der Waals surface area contributed by atoms with Crippen molar-refractivity contribution in [3.05, 3.63) is 106 Å². The maximum atomic E-state index is 13.7. The Morgan fingerprint density at radius 2 is 1.85 bits per heavy atom. The number of nitro benzene ring substituents is 1. The van der Waals surface area contributed by atoms with Gasteiger partial charge in [-0.3, -0.25) is 10.1 Å². The lowest BCUT2D eigenvalue weighted by Crippen LogP contribution is -2.10. The average molecular weight is 443 g/mol. The van der Waals surface area contributed by atoms with Crippen LogP contribution in [0.5, 0.6) is 5.75 Å². The molecule has 0 radical (unpaired) electrons. The fraction of sp³-hybridized carbons (Fsp3) is 0.0833. The molecule has 0 amide bonds. The Morgan fingerprint density at radius 1 is 1.09 bits per heavy atom. The van der Waals surface area contributed by atoms with Crippen molar-refractivity contribution in [3.8, 4) is 22.7 Å². The van der Waals surface area contributed by atoms with E-state index < -0.39 is 10.7 Å². The second-order valence-corrected chi connectivity index (χ2v) is 7.62. The summed E-state index contributed by atoms with van der Waals surface area (Å²) in [6.45, 7) is 0. The molecule has 3 aromatic carbocycles. The van der Waals surface area contributed by atoms with Gasteiger partial charge in [0.15, 0.2) is 0 Å². The lowest BCUT2D eigenvalue weighted by molar-refractivity contribution is -0.384. The fourth-order valence-electron chi connectivity index (χ4n) is 3.85. The van der Waals surface area contributed by atoms with Gasteiger partial charge in [0.2, 0.25) is 0 Å². The monoisotopic (exact) mass is 443 g/mol. The van der Waals surface area contributed by atoms with E-state index in [-0.39, 0.29) is 17.5 Å². The third-order valence-corrected chi connectivity index (χ3v) is 5.51. The van der Waals surface area contributed by atoms with E-state index in [4.69, 9.17) is 5.10 Å². The number of nitrogens with zero attached hydrogens (tertiary/aromatic N) is 4. The summed E-state index contributed by atoms with van der Waals surface area (Å²) in [5.74, 6) is -0.509. The number of para-hydroxylation sites is 1. The zero-order chi connectivity index (χ0) is 22.9. The van der Waals surface area contributed by atoms with Crippen molar-refractivity contribution in [2.24, 2.45) is 5.10 Å². The first kappa shape index (κ1) is 20.4. The quantitative estimate of drug-likeness (QED) is 0.343. The Labute approximate surface area is 187 Å². The van der Waals surface area contributed by atoms with Crippen molar-refractivity contribution in [1.82, 2.24) is 15.2 Å². The lowest BCUT2D eigenvalue weighted by Gasteiger charge is -2.10. The van der Waals surface area contributed by atoms with Crippen molar-refractivity contribution >= 4 is 11.4 Å². The molecule has 0 fully saturated rings. The highest BCUT2D eigenvalue weighted by molar-refractivity contribution is 6.04. The molecule has 4 aromatic rings. The SMILES string of the molecule is O=[N+]([O-])c1ccc(-c2nn(-c3ccccc3)cc2C2CC(c3cc(F)ccc3O)=NN2)cc1. The molecule has 1 aliphatic heterocycles. The summed E-state index contributed by atoms with van der Waals surface area (Å²) in [6, 6.07) is 19.2. The van der Waals surface area contributed by atoms with Crippen LogP contribution < -0.4 is 5.43 Å². The van der Waals surface area contributed by atoms with Crippen LogP contribution in [0.25, 0.3) is 16.9 Å². The summed E-state index contributed by atoms with van der Waals surface area (Å²) >= 11 is 0. The van der Waals surface area contributed by atoms with Crippen LogP contribution in [0.4, 0.5) is 10.1 Å². The van der Waals surface area contributed by atoms with Gasteiger partial charge in [0.1, 0.15) is 11.6 Å². The lowest BCUT2D eigenvalue weighted by atomic mass is 9.96. The van der Waals surface area contributed by atoms with Crippen LogP contribution in [-0.4, -0.2) is 25.5 Å². The topological polar surface area (TPSA) is 106 Å².